The van der Waals surface area contributed by atoms with Crippen molar-refractivity contribution in [1.29, 1.82) is 0 Å². The molecule has 0 atom stereocenters. The lowest BCUT2D eigenvalue weighted by Gasteiger charge is -2.15. The van der Waals surface area contributed by atoms with E-state index in [1.807, 2.05) is 0 Å². The number of halogens is 2. The number of ether oxygens (including phenoxy) is 1. The molecule has 0 N–H and O–H groups in total. The predicted octanol–water partition coefficient (Wildman–Crippen LogP) is 1.49. The van der Waals surface area contributed by atoms with Crippen LogP contribution in [0.2, 0.25) is 0 Å². The second kappa shape index (κ2) is 6.74. The molecule has 0 aromatic carbocycles. The zero-order valence-electron chi connectivity index (χ0n) is 11.4. The zero-order chi connectivity index (χ0) is 14.5. The van der Waals surface area contributed by atoms with Gasteiger partial charge in [-0.2, -0.15) is 0 Å². The van der Waals surface area contributed by atoms with Crippen LogP contribution in [0.25, 0.3) is 0 Å². The van der Waals surface area contributed by atoms with E-state index >= 15 is 0 Å². The summed E-state index contributed by atoms with van der Waals surface area (Å²) in [5, 5.41) is 7.20. The molecule has 6 nitrogen and oxygen atoms in total. The molecule has 0 radical (unpaired) electrons. The third-order valence-corrected chi connectivity index (χ3v) is 3.28. The fraction of sp³-hybridized carbons (Fsp3) is 0.750. The van der Waals surface area contributed by atoms with E-state index in [1.54, 1.807) is 6.92 Å². The van der Waals surface area contributed by atoms with Crippen molar-refractivity contribution >= 4 is 5.97 Å². The molecule has 0 bridgehead atoms. The molecule has 1 saturated heterocycles. The van der Waals surface area contributed by atoms with E-state index in [1.165, 1.54) is 0 Å². The summed E-state index contributed by atoms with van der Waals surface area (Å²) < 4.78 is 32.0. The van der Waals surface area contributed by atoms with Crippen molar-refractivity contribution in [3.8, 4) is 0 Å². The molecule has 0 spiro atoms. The minimum Gasteiger partial charge on any atom is -0.461 e. The Morgan fingerprint density at radius 1 is 1.35 bits per heavy atom. The summed E-state index contributed by atoms with van der Waals surface area (Å²) in [7, 11) is 0. The molecule has 1 aromatic heterocycles. The number of hydrogen-bond acceptors (Lipinski definition) is 5. The number of alkyl halides is 2. The van der Waals surface area contributed by atoms with Crippen molar-refractivity contribution in [2.75, 3.05) is 26.2 Å². The van der Waals surface area contributed by atoms with Crippen molar-refractivity contribution in [1.82, 2.24) is 19.9 Å². The largest absolute Gasteiger partial charge is 0.461 e. The van der Waals surface area contributed by atoms with E-state index in [9.17, 15) is 13.6 Å². The Labute approximate surface area is 115 Å². The fourth-order valence-corrected chi connectivity index (χ4v) is 2.29. The minimum atomic E-state index is -2.80. The Hall–Kier alpha value is -1.57. The minimum absolute atomic E-state index is 0.113. The van der Waals surface area contributed by atoms with E-state index in [2.05, 4.69) is 15.2 Å². The lowest BCUT2D eigenvalue weighted by atomic mass is 10.3. The van der Waals surface area contributed by atoms with Gasteiger partial charge in [0.25, 0.3) is 6.43 Å². The molecule has 1 aliphatic rings. The third kappa shape index (κ3) is 3.30. The van der Waals surface area contributed by atoms with Gasteiger partial charge in [-0.3, -0.25) is 0 Å². The number of carbonyl (C=O) groups is 1. The number of rotatable bonds is 6. The average molecular weight is 288 g/mol. The van der Waals surface area contributed by atoms with Gasteiger partial charge in [0.1, 0.15) is 5.69 Å². The van der Waals surface area contributed by atoms with Crippen LogP contribution in [0, 0.1) is 0 Å². The van der Waals surface area contributed by atoms with Crippen LogP contribution >= 0.6 is 0 Å². The highest BCUT2D eigenvalue weighted by Crippen LogP contribution is 2.22. The Morgan fingerprint density at radius 3 is 2.65 bits per heavy atom. The van der Waals surface area contributed by atoms with E-state index in [0.29, 0.717) is 13.1 Å². The van der Waals surface area contributed by atoms with Gasteiger partial charge < -0.3 is 9.64 Å². The van der Waals surface area contributed by atoms with Gasteiger partial charge in [0, 0.05) is 6.54 Å². The molecular weight excluding hydrogens is 270 g/mol. The Morgan fingerprint density at radius 2 is 2.05 bits per heavy atom. The van der Waals surface area contributed by atoms with E-state index in [-0.39, 0.29) is 12.3 Å². The lowest BCUT2D eigenvalue weighted by Crippen LogP contribution is -2.25. The summed E-state index contributed by atoms with van der Waals surface area (Å²) in [5.74, 6) is -0.852. The van der Waals surface area contributed by atoms with Crippen LogP contribution in [0.5, 0.6) is 0 Å². The topological polar surface area (TPSA) is 60.2 Å². The smallest absolute Gasteiger partial charge is 0.361 e. The summed E-state index contributed by atoms with van der Waals surface area (Å²) in [5.41, 5.74) is -0.842. The van der Waals surface area contributed by atoms with Crippen molar-refractivity contribution < 1.29 is 18.3 Å². The zero-order valence-corrected chi connectivity index (χ0v) is 11.4. The first-order valence-corrected chi connectivity index (χ1v) is 6.74. The summed E-state index contributed by atoms with van der Waals surface area (Å²) in [6.07, 6.45) is -0.539. The lowest BCUT2D eigenvalue weighted by molar-refractivity contribution is 0.0506. The summed E-state index contributed by atoms with van der Waals surface area (Å²) in [6.45, 7) is 4.60. The number of esters is 1. The van der Waals surface area contributed by atoms with Gasteiger partial charge in [-0.25, -0.2) is 18.3 Å². The Balaban J connectivity index is 2.09. The molecule has 112 valence electrons. The maximum atomic E-state index is 13.1. The number of hydrogen-bond donors (Lipinski definition) is 0. The average Bonchev–Trinajstić information content (AvgIpc) is 3.05. The monoisotopic (exact) mass is 288 g/mol. The van der Waals surface area contributed by atoms with Crippen LogP contribution in [-0.2, 0) is 11.3 Å². The summed E-state index contributed by atoms with van der Waals surface area (Å²) >= 11 is 0. The maximum absolute atomic E-state index is 13.1. The van der Waals surface area contributed by atoms with Gasteiger partial charge in [0.2, 0.25) is 0 Å². The summed E-state index contributed by atoms with van der Waals surface area (Å²) in [6, 6.07) is 0. The Kier molecular flexibility index (Phi) is 4.99. The normalized spacial score (nSPS) is 16.0. The van der Waals surface area contributed by atoms with Crippen molar-refractivity contribution in [2.45, 2.75) is 32.7 Å². The van der Waals surface area contributed by atoms with Gasteiger partial charge in [-0.05, 0) is 32.9 Å². The van der Waals surface area contributed by atoms with Crippen LogP contribution in [0.1, 0.15) is 42.4 Å². The molecule has 20 heavy (non-hydrogen) atoms. The highest BCUT2D eigenvalue weighted by molar-refractivity contribution is 5.88. The first kappa shape index (κ1) is 14.8. The third-order valence-electron chi connectivity index (χ3n) is 3.28. The molecule has 2 heterocycles. The molecule has 0 saturated carbocycles. The van der Waals surface area contributed by atoms with Gasteiger partial charge >= 0.3 is 5.97 Å². The molecular formula is C12H18F2N4O2. The van der Waals surface area contributed by atoms with Crippen molar-refractivity contribution in [3.63, 3.8) is 0 Å². The standard InChI is InChI=1S/C12H18F2N4O2/c1-2-20-12(19)9-10(11(13)14)18(16-15-9)8-7-17-5-3-4-6-17/h11H,2-8H2,1H3. The predicted molar refractivity (Wildman–Crippen MR) is 66.6 cm³/mol. The van der Waals surface area contributed by atoms with Crippen LogP contribution in [-0.4, -0.2) is 52.1 Å². The second-order valence-electron chi connectivity index (χ2n) is 4.62. The molecule has 0 aliphatic carbocycles. The van der Waals surface area contributed by atoms with Gasteiger partial charge in [0.05, 0.1) is 13.2 Å². The first-order valence-electron chi connectivity index (χ1n) is 6.74. The fourth-order valence-electron chi connectivity index (χ4n) is 2.29. The number of carbonyl (C=O) groups excluding carboxylic acids is 1. The SMILES string of the molecule is CCOC(=O)c1nnn(CCN2CCCC2)c1C(F)F. The van der Waals surface area contributed by atoms with E-state index in [0.717, 1.165) is 30.6 Å². The molecule has 1 fully saturated rings. The van der Waals surface area contributed by atoms with E-state index in [4.69, 9.17) is 4.74 Å². The Bertz CT molecular complexity index is 458. The van der Waals surface area contributed by atoms with Crippen LogP contribution < -0.4 is 0 Å². The van der Waals surface area contributed by atoms with Crippen LogP contribution in [0.4, 0.5) is 8.78 Å². The molecule has 0 unspecified atom stereocenters. The number of likely N-dealkylation sites (tertiary alicyclic amines) is 1. The van der Waals surface area contributed by atoms with Crippen molar-refractivity contribution in [3.05, 3.63) is 11.4 Å². The van der Waals surface area contributed by atoms with Crippen molar-refractivity contribution in [2.24, 2.45) is 0 Å². The summed E-state index contributed by atoms with van der Waals surface area (Å²) in [4.78, 5) is 13.7. The quantitative estimate of drug-likeness (QED) is 0.742. The molecule has 2 rings (SSSR count). The van der Waals surface area contributed by atoms with Crippen LogP contribution in [0.15, 0.2) is 0 Å². The molecule has 0 amide bonds. The maximum Gasteiger partial charge on any atom is 0.361 e. The number of nitrogens with zero attached hydrogens (tertiary/aromatic N) is 4. The molecule has 1 aromatic rings. The second-order valence-corrected chi connectivity index (χ2v) is 4.62. The first-order chi connectivity index (χ1) is 9.63. The molecule has 1 aliphatic heterocycles. The highest BCUT2D eigenvalue weighted by atomic mass is 19.3. The van der Waals surface area contributed by atoms with Crippen LogP contribution in [0.3, 0.4) is 0 Å². The van der Waals surface area contributed by atoms with E-state index < -0.39 is 18.1 Å². The van der Waals surface area contributed by atoms with Gasteiger partial charge in [-0.15, -0.1) is 5.10 Å². The highest BCUT2D eigenvalue weighted by Gasteiger charge is 2.27. The van der Waals surface area contributed by atoms with Gasteiger partial charge in [-0.1, -0.05) is 5.21 Å². The molecule has 8 heteroatoms. The van der Waals surface area contributed by atoms with Gasteiger partial charge in [0.15, 0.2) is 5.69 Å². The number of aromatic nitrogens is 3.